The van der Waals surface area contributed by atoms with Gasteiger partial charge in [-0.1, -0.05) is 60.7 Å². The van der Waals surface area contributed by atoms with Gasteiger partial charge in [0, 0.05) is 5.92 Å². The molecule has 108 valence electrons. The minimum absolute atomic E-state index is 0.0939. The summed E-state index contributed by atoms with van der Waals surface area (Å²) in [5.41, 5.74) is 2.29. The van der Waals surface area contributed by atoms with E-state index in [0.717, 1.165) is 0 Å². The van der Waals surface area contributed by atoms with Crippen LogP contribution in [0.5, 0.6) is 0 Å². The first-order valence-corrected chi connectivity index (χ1v) is 7.46. The summed E-state index contributed by atoms with van der Waals surface area (Å²) in [5, 5.41) is 3.41. The van der Waals surface area contributed by atoms with E-state index in [-0.39, 0.29) is 17.0 Å². The molecule has 1 aliphatic rings. The Hall–Kier alpha value is -2.09. The summed E-state index contributed by atoms with van der Waals surface area (Å²) in [7, 11) is 0. The van der Waals surface area contributed by atoms with Gasteiger partial charge in [0.15, 0.2) is 0 Å². The van der Waals surface area contributed by atoms with Crippen LogP contribution in [0.3, 0.4) is 0 Å². The Labute approximate surface area is 126 Å². The van der Waals surface area contributed by atoms with Gasteiger partial charge in [-0.3, -0.25) is 4.99 Å². The summed E-state index contributed by atoms with van der Waals surface area (Å²) < 4.78 is 0. The molecule has 1 heterocycles. The molecule has 0 saturated heterocycles. The van der Waals surface area contributed by atoms with Crippen LogP contribution in [0.15, 0.2) is 65.7 Å². The number of nitrogens with zero attached hydrogens (tertiary/aromatic N) is 1. The normalized spacial score (nSPS) is 23.2. The molecule has 2 nitrogen and oxygen atoms in total. The molecule has 0 amide bonds. The van der Waals surface area contributed by atoms with Gasteiger partial charge in [0.25, 0.3) is 0 Å². The van der Waals surface area contributed by atoms with Crippen molar-refractivity contribution < 1.29 is 0 Å². The third-order valence-electron chi connectivity index (χ3n) is 4.85. The molecule has 0 spiro atoms. The third-order valence-corrected chi connectivity index (χ3v) is 4.85. The molecule has 0 radical (unpaired) electrons. The van der Waals surface area contributed by atoms with E-state index in [9.17, 15) is 0 Å². The lowest BCUT2D eigenvalue weighted by Gasteiger charge is -2.42. The Bertz CT molecular complexity index is 592. The van der Waals surface area contributed by atoms with Gasteiger partial charge in [0.05, 0.1) is 17.4 Å². The molecule has 1 atom stereocenters. The molecule has 21 heavy (non-hydrogen) atoms. The lowest BCUT2D eigenvalue weighted by atomic mass is 9.67. The number of hydrogen-bond acceptors (Lipinski definition) is 2. The van der Waals surface area contributed by atoms with Crippen LogP contribution in [0, 0.1) is 0 Å². The molecular formula is C19H22N2. The molecule has 2 aromatic carbocycles. The maximum atomic E-state index is 4.84. The van der Waals surface area contributed by atoms with E-state index in [2.05, 4.69) is 86.8 Å². The van der Waals surface area contributed by atoms with Gasteiger partial charge >= 0.3 is 0 Å². The van der Waals surface area contributed by atoms with Crippen molar-refractivity contribution in [1.29, 1.82) is 0 Å². The third kappa shape index (κ3) is 2.25. The first kappa shape index (κ1) is 13.9. The molecule has 1 unspecified atom stereocenters. The van der Waals surface area contributed by atoms with Crippen LogP contribution < -0.4 is 5.32 Å². The second-order valence-corrected chi connectivity index (χ2v) is 6.43. The van der Waals surface area contributed by atoms with Crippen molar-refractivity contribution in [3.63, 3.8) is 0 Å². The molecule has 0 aromatic heterocycles. The zero-order chi connectivity index (χ0) is 14.9. The predicted molar refractivity (Wildman–Crippen MR) is 88.8 cm³/mol. The van der Waals surface area contributed by atoms with Gasteiger partial charge in [-0.2, -0.15) is 0 Å². The average Bonchev–Trinajstić information content (AvgIpc) is 2.76. The van der Waals surface area contributed by atoms with Crippen molar-refractivity contribution >= 4 is 6.34 Å². The average molecular weight is 278 g/mol. The summed E-state index contributed by atoms with van der Waals surface area (Å²) in [5.74, 6) is 0.223. The smallest absolute Gasteiger partial charge is 0.0929 e. The summed E-state index contributed by atoms with van der Waals surface area (Å²) in [6.07, 6.45) is 1.86. The monoisotopic (exact) mass is 278 g/mol. The Morgan fingerprint density at radius 1 is 0.810 bits per heavy atom. The molecule has 0 aliphatic carbocycles. The van der Waals surface area contributed by atoms with Crippen molar-refractivity contribution in [3.8, 4) is 0 Å². The van der Waals surface area contributed by atoms with Crippen molar-refractivity contribution in [2.45, 2.75) is 37.8 Å². The zero-order valence-electron chi connectivity index (χ0n) is 12.9. The van der Waals surface area contributed by atoms with E-state index < -0.39 is 0 Å². The quantitative estimate of drug-likeness (QED) is 0.902. The van der Waals surface area contributed by atoms with Gasteiger partial charge in [-0.05, 0) is 31.9 Å². The first-order chi connectivity index (χ1) is 10.0. The zero-order valence-corrected chi connectivity index (χ0v) is 12.9. The molecule has 2 heteroatoms. The molecule has 2 aromatic rings. The number of benzene rings is 2. The van der Waals surface area contributed by atoms with E-state index in [1.165, 1.54) is 11.1 Å². The Balaban J connectivity index is 2.16. The molecule has 1 N–H and O–H groups in total. The van der Waals surface area contributed by atoms with Crippen molar-refractivity contribution in [2.75, 3.05) is 0 Å². The fraction of sp³-hybridized carbons (Fsp3) is 0.316. The highest BCUT2D eigenvalue weighted by atomic mass is 15.2. The first-order valence-electron chi connectivity index (χ1n) is 7.46. The van der Waals surface area contributed by atoms with Crippen molar-refractivity contribution in [1.82, 2.24) is 5.32 Å². The minimum Gasteiger partial charge on any atom is -0.369 e. The lowest BCUT2D eigenvalue weighted by molar-refractivity contribution is 0.257. The number of hydrogen-bond donors (Lipinski definition) is 1. The summed E-state index contributed by atoms with van der Waals surface area (Å²) in [6, 6.07) is 21.4. The summed E-state index contributed by atoms with van der Waals surface area (Å²) >= 11 is 0. The maximum Gasteiger partial charge on any atom is 0.0929 e. The van der Waals surface area contributed by atoms with Crippen LogP contribution in [0.2, 0.25) is 0 Å². The van der Waals surface area contributed by atoms with Gasteiger partial charge in [0.1, 0.15) is 0 Å². The molecule has 0 fully saturated rings. The SMILES string of the molecule is CC1(C)NC=NC1(C)C(c1ccccc1)c1ccccc1. The topological polar surface area (TPSA) is 24.4 Å². The summed E-state index contributed by atoms with van der Waals surface area (Å²) in [4.78, 5) is 4.84. The molecular weight excluding hydrogens is 256 g/mol. The van der Waals surface area contributed by atoms with Gasteiger partial charge in [0.2, 0.25) is 0 Å². The highest BCUT2D eigenvalue weighted by molar-refractivity contribution is 5.62. The van der Waals surface area contributed by atoms with Crippen LogP contribution in [-0.2, 0) is 0 Å². The van der Waals surface area contributed by atoms with Gasteiger partial charge in [-0.25, -0.2) is 0 Å². The van der Waals surface area contributed by atoms with E-state index in [1.807, 2.05) is 6.34 Å². The number of rotatable bonds is 3. The van der Waals surface area contributed by atoms with Crippen molar-refractivity contribution in [3.05, 3.63) is 71.8 Å². The van der Waals surface area contributed by atoms with E-state index in [0.29, 0.717) is 0 Å². The highest BCUT2D eigenvalue weighted by Crippen LogP contribution is 2.45. The maximum absolute atomic E-state index is 4.84. The molecule has 0 saturated carbocycles. The molecule has 1 aliphatic heterocycles. The second-order valence-electron chi connectivity index (χ2n) is 6.43. The van der Waals surface area contributed by atoms with Crippen LogP contribution in [0.1, 0.15) is 37.8 Å². The van der Waals surface area contributed by atoms with Crippen LogP contribution in [-0.4, -0.2) is 17.4 Å². The minimum atomic E-state index is -0.226. The van der Waals surface area contributed by atoms with E-state index >= 15 is 0 Å². The predicted octanol–water partition coefficient (Wildman–Crippen LogP) is 3.99. The van der Waals surface area contributed by atoms with Gasteiger partial charge < -0.3 is 5.32 Å². The molecule has 0 bridgehead atoms. The Morgan fingerprint density at radius 3 is 1.67 bits per heavy atom. The van der Waals surface area contributed by atoms with Crippen LogP contribution in [0.4, 0.5) is 0 Å². The second kappa shape index (κ2) is 5.03. The summed E-state index contributed by atoms with van der Waals surface area (Å²) in [6.45, 7) is 6.69. The van der Waals surface area contributed by atoms with Gasteiger partial charge in [-0.15, -0.1) is 0 Å². The fourth-order valence-corrected chi connectivity index (χ4v) is 3.20. The van der Waals surface area contributed by atoms with E-state index in [1.54, 1.807) is 0 Å². The Morgan fingerprint density at radius 2 is 1.29 bits per heavy atom. The lowest BCUT2D eigenvalue weighted by Crippen LogP contribution is -2.54. The van der Waals surface area contributed by atoms with Crippen LogP contribution in [0.25, 0.3) is 0 Å². The van der Waals surface area contributed by atoms with Crippen LogP contribution >= 0.6 is 0 Å². The van der Waals surface area contributed by atoms with E-state index in [4.69, 9.17) is 4.99 Å². The number of aliphatic imine (C=N–C) groups is 1. The molecule has 3 rings (SSSR count). The largest absolute Gasteiger partial charge is 0.369 e. The van der Waals surface area contributed by atoms with Crippen molar-refractivity contribution in [2.24, 2.45) is 4.99 Å². The standard InChI is InChI=1S/C19H22N2/c1-18(2)19(3,21-14-20-18)17(15-10-6-4-7-11-15)16-12-8-5-9-13-16/h4-14,17H,1-3H3,(H,20,21). The fourth-order valence-electron chi connectivity index (χ4n) is 3.20. The Kier molecular flexibility index (Phi) is 3.32. The highest BCUT2D eigenvalue weighted by Gasteiger charge is 2.50. The number of nitrogens with one attached hydrogen (secondary N) is 1.